The molecule has 0 saturated carbocycles. The first-order valence-electron chi connectivity index (χ1n) is 8.05. The molecule has 1 aromatic heterocycles. The maximum atomic E-state index is 12.3. The number of nitrogens with one attached hydrogen (secondary N) is 2. The lowest BCUT2D eigenvalue weighted by Crippen LogP contribution is -2.67. The Balaban J connectivity index is 1.39. The molecule has 0 aliphatic carbocycles. The van der Waals surface area contributed by atoms with Gasteiger partial charge in [0.25, 0.3) is 5.91 Å². The van der Waals surface area contributed by atoms with Crippen molar-refractivity contribution in [3.05, 3.63) is 42.2 Å². The van der Waals surface area contributed by atoms with Crippen LogP contribution < -0.4 is 10.6 Å². The van der Waals surface area contributed by atoms with Crippen molar-refractivity contribution in [2.24, 2.45) is 0 Å². The van der Waals surface area contributed by atoms with Crippen molar-refractivity contribution < 1.29 is 32.0 Å². The molecule has 4 unspecified atom stereocenters. The lowest BCUT2D eigenvalue weighted by molar-refractivity contribution is -0.903. The van der Waals surface area contributed by atoms with Crippen LogP contribution in [0.5, 0.6) is 0 Å². The zero-order chi connectivity index (χ0) is 18.6. The Hall–Kier alpha value is -2.62. The van der Waals surface area contributed by atoms with E-state index < -0.39 is 24.5 Å². The second-order valence-electron chi connectivity index (χ2n) is 6.73. The Morgan fingerprint density at radius 3 is 2.85 bits per heavy atom. The van der Waals surface area contributed by atoms with Gasteiger partial charge in [0.05, 0.1) is 6.42 Å². The molecule has 2 saturated heterocycles. The first kappa shape index (κ1) is 16.8. The maximum Gasteiger partial charge on any atom is 0.422 e. The summed E-state index contributed by atoms with van der Waals surface area (Å²) in [5.41, 5.74) is -0.410. The molecule has 0 radical (unpaired) electrons. The van der Waals surface area contributed by atoms with E-state index in [9.17, 15) is 22.8 Å². The van der Waals surface area contributed by atoms with Crippen molar-refractivity contribution in [1.29, 1.82) is 0 Å². The Bertz CT molecular complexity index is 785. The fraction of sp³-hybridized carbons (Fsp3) is 0.438. The molecule has 3 aliphatic heterocycles. The molecule has 1 aromatic rings. The number of rotatable bonds is 4. The number of pyridine rings is 1. The molecule has 0 bridgehead atoms. The van der Waals surface area contributed by atoms with Gasteiger partial charge in [-0.05, 0) is 24.3 Å². The third-order valence-electron chi connectivity index (χ3n) is 5.25. The minimum absolute atomic E-state index is 0.118. The van der Waals surface area contributed by atoms with Gasteiger partial charge in [-0.1, -0.05) is 6.07 Å². The summed E-state index contributed by atoms with van der Waals surface area (Å²) in [6.07, 6.45) is -0.121. The molecule has 0 aromatic carbocycles. The van der Waals surface area contributed by atoms with Crippen LogP contribution in [0.1, 0.15) is 16.9 Å². The van der Waals surface area contributed by atoms with Gasteiger partial charge >= 0.3 is 12.3 Å². The summed E-state index contributed by atoms with van der Waals surface area (Å²) in [6, 6.07) is 5.10. The van der Waals surface area contributed by atoms with Gasteiger partial charge < -0.3 is 4.74 Å². The number of nitrogens with zero attached hydrogens (tertiary/aromatic N) is 2. The van der Waals surface area contributed by atoms with Crippen LogP contribution in [-0.4, -0.2) is 58.7 Å². The molecule has 1 spiro atoms. The lowest BCUT2D eigenvalue weighted by Gasteiger charge is -2.41. The van der Waals surface area contributed by atoms with Gasteiger partial charge in [0.2, 0.25) is 5.66 Å². The smallest absolute Gasteiger partial charge is 0.422 e. The number of ether oxygens (including phenoxy) is 1. The second kappa shape index (κ2) is 5.44. The van der Waals surface area contributed by atoms with Crippen LogP contribution >= 0.6 is 0 Å². The first-order valence-corrected chi connectivity index (χ1v) is 8.05. The quantitative estimate of drug-likeness (QED) is 0.476. The summed E-state index contributed by atoms with van der Waals surface area (Å²) < 4.78 is 41.1. The van der Waals surface area contributed by atoms with E-state index in [4.69, 9.17) is 0 Å². The number of hydrogen-bond acceptors (Lipinski definition) is 4. The fourth-order valence-electron chi connectivity index (χ4n) is 4.08. The maximum absolute atomic E-state index is 12.3. The lowest BCUT2D eigenvalue weighted by atomic mass is 9.99. The average Bonchev–Trinajstić information content (AvgIpc) is 2.96. The minimum atomic E-state index is -4.57. The highest BCUT2D eigenvalue weighted by atomic mass is 19.4. The van der Waals surface area contributed by atoms with Crippen molar-refractivity contribution in [2.75, 3.05) is 13.2 Å². The summed E-state index contributed by atoms with van der Waals surface area (Å²) in [7, 11) is 0. The third kappa shape index (κ3) is 2.52. The van der Waals surface area contributed by atoms with Crippen LogP contribution in [0, 0.1) is 0 Å². The average molecular weight is 369 g/mol. The van der Waals surface area contributed by atoms with Crippen LogP contribution in [0.25, 0.3) is 0 Å². The first-order chi connectivity index (χ1) is 12.3. The van der Waals surface area contributed by atoms with Crippen molar-refractivity contribution in [3.8, 4) is 0 Å². The molecule has 4 rings (SSSR count). The number of halogens is 3. The predicted octanol–water partition coefficient (Wildman–Crippen LogP) is 1.29. The van der Waals surface area contributed by atoms with Gasteiger partial charge in [-0.15, -0.1) is 0 Å². The highest BCUT2D eigenvalue weighted by molar-refractivity contribution is 5.92. The number of alkyl halides is 3. The molecule has 7 nitrogen and oxygen atoms in total. The largest absolute Gasteiger partial charge is 0.440 e. The van der Waals surface area contributed by atoms with Crippen LogP contribution in [0.15, 0.2) is 36.5 Å². The summed E-state index contributed by atoms with van der Waals surface area (Å²) >= 11 is 0. The van der Waals surface area contributed by atoms with Gasteiger partial charge in [-0.2, -0.15) is 13.2 Å². The normalized spacial score (nSPS) is 33.5. The van der Waals surface area contributed by atoms with E-state index in [1.54, 1.807) is 18.2 Å². The molecule has 10 heteroatoms. The minimum Gasteiger partial charge on any atom is -0.440 e. The Morgan fingerprint density at radius 1 is 1.35 bits per heavy atom. The molecule has 138 valence electrons. The summed E-state index contributed by atoms with van der Waals surface area (Å²) in [5.74, 6) is -0.347. The summed E-state index contributed by atoms with van der Waals surface area (Å²) in [5, 5.41) is 5.42. The van der Waals surface area contributed by atoms with Crippen LogP contribution in [0.4, 0.5) is 18.0 Å². The van der Waals surface area contributed by atoms with Gasteiger partial charge in [-0.3, -0.25) is 24.9 Å². The Labute approximate surface area is 146 Å². The number of carbonyl (C=O) groups excluding carboxylic acids is 2. The van der Waals surface area contributed by atoms with Crippen LogP contribution in [0.2, 0.25) is 0 Å². The van der Waals surface area contributed by atoms with Crippen molar-refractivity contribution in [1.82, 2.24) is 15.6 Å². The number of aromatic nitrogens is 1. The van der Waals surface area contributed by atoms with E-state index in [1.807, 2.05) is 12.2 Å². The number of amides is 2. The Kier molecular flexibility index (Phi) is 3.52. The van der Waals surface area contributed by atoms with Crippen LogP contribution in [-0.2, 0) is 4.74 Å². The van der Waals surface area contributed by atoms with E-state index in [2.05, 4.69) is 20.4 Å². The zero-order valence-corrected chi connectivity index (χ0v) is 13.5. The van der Waals surface area contributed by atoms with E-state index in [0.717, 1.165) is 0 Å². The van der Waals surface area contributed by atoms with Crippen molar-refractivity contribution >= 4 is 12.0 Å². The predicted molar refractivity (Wildman–Crippen MR) is 81.4 cm³/mol. The monoisotopic (exact) mass is 369 g/mol. The van der Waals surface area contributed by atoms with Gasteiger partial charge in [0.15, 0.2) is 19.3 Å². The Morgan fingerprint density at radius 2 is 2.15 bits per heavy atom. The van der Waals surface area contributed by atoms with Crippen molar-refractivity contribution in [2.45, 2.75) is 30.5 Å². The fourth-order valence-corrected chi connectivity index (χ4v) is 4.08. The topological polar surface area (TPSA) is 80.3 Å². The molecule has 4 heterocycles. The molecular formula is C16H16F3N4O3+. The van der Waals surface area contributed by atoms with Gasteiger partial charge in [0.1, 0.15) is 11.7 Å². The highest BCUT2D eigenvalue weighted by Crippen LogP contribution is 2.62. The molecule has 3 aliphatic rings. The van der Waals surface area contributed by atoms with E-state index in [-0.39, 0.29) is 23.8 Å². The van der Waals surface area contributed by atoms with Crippen LogP contribution in [0.3, 0.4) is 0 Å². The summed E-state index contributed by atoms with van der Waals surface area (Å²) in [4.78, 5) is 28.0. The number of hydrogen-bond donors (Lipinski definition) is 2. The molecule has 2 N–H and O–H groups in total. The molecule has 2 amide bonds. The SMILES string of the molecule is O=C(NC12CC3C=CC(NC(=O)c4ccccn4)[N+]31C2)OCC(F)(F)F. The molecule has 2 fully saturated rings. The van der Waals surface area contributed by atoms with E-state index >= 15 is 0 Å². The number of carbonyl (C=O) groups is 2. The van der Waals surface area contributed by atoms with E-state index in [1.165, 1.54) is 6.20 Å². The molecular weight excluding hydrogens is 353 g/mol. The zero-order valence-electron chi connectivity index (χ0n) is 13.5. The van der Waals surface area contributed by atoms with E-state index in [0.29, 0.717) is 17.4 Å². The molecule has 4 atom stereocenters. The number of quaternary nitrogens is 1. The van der Waals surface area contributed by atoms with Gasteiger partial charge in [-0.25, -0.2) is 4.79 Å². The highest BCUT2D eigenvalue weighted by Gasteiger charge is 2.87. The standard InChI is InChI=1S/C16H15F3N4O3/c17-16(18,19)9-26-14(25)22-15-7-10-4-5-12(23(10,15)8-15)21-13(24)11-3-1-2-6-20-11/h1-6,10,12H,7-9H2,(H-,21,22,24,25)/p+1. The molecule has 26 heavy (non-hydrogen) atoms. The third-order valence-corrected chi connectivity index (χ3v) is 5.25. The number of alkyl carbamates (subject to hydrolysis) is 1. The summed E-state index contributed by atoms with van der Waals surface area (Å²) in [6.45, 7) is -1.10. The van der Waals surface area contributed by atoms with Gasteiger partial charge in [0, 0.05) is 6.20 Å². The second-order valence-corrected chi connectivity index (χ2v) is 6.73. The van der Waals surface area contributed by atoms with Crippen molar-refractivity contribution in [3.63, 3.8) is 0 Å².